The number of nitrogens with zero attached hydrogens (tertiary/aromatic N) is 1. The quantitative estimate of drug-likeness (QED) is 0.425. The lowest BCUT2D eigenvalue weighted by Gasteiger charge is -2.14. The minimum absolute atomic E-state index is 0. The van der Waals surface area contributed by atoms with Crippen molar-refractivity contribution in [1.29, 1.82) is 0 Å². The molecule has 4 nitrogen and oxygen atoms in total. The number of halogens is 2. The molecule has 0 aliphatic rings. The van der Waals surface area contributed by atoms with Crippen molar-refractivity contribution in [3.05, 3.63) is 59.6 Å². The summed E-state index contributed by atoms with van der Waals surface area (Å²) in [7, 11) is 0. The van der Waals surface area contributed by atoms with Crippen LogP contribution in [0.1, 0.15) is 6.92 Å². The Morgan fingerprint density at radius 2 is 1.82 bits per heavy atom. The van der Waals surface area contributed by atoms with Gasteiger partial charge in [-0.3, -0.25) is 0 Å². The van der Waals surface area contributed by atoms with Crippen molar-refractivity contribution in [2.45, 2.75) is 13.0 Å². The Balaban J connectivity index is 0.00000242. The van der Waals surface area contributed by atoms with Crippen LogP contribution in [0.15, 0.2) is 59.6 Å². The summed E-state index contributed by atoms with van der Waals surface area (Å²) in [5, 5.41) is 3.61. The Morgan fingerprint density at radius 1 is 1.18 bits per heavy atom. The van der Waals surface area contributed by atoms with Gasteiger partial charge in [-0.1, -0.05) is 41.9 Å². The Labute approximate surface area is 152 Å². The molecule has 0 saturated carbocycles. The van der Waals surface area contributed by atoms with E-state index < -0.39 is 0 Å². The fourth-order valence-electron chi connectivity index (χ4n) is 1.73. The average molecular weight is 432 g/mol. The topological polar surface area (TPSA) is 59.6 Å². The maximum atomic E-state index is 6.04. The molecule has 0 heterocycles. The molecule has 2 rings (SSSR count). The van der Waals surface area contributed by atoms with E-state index in [1.807, 2.05) is 55.5 Å². The molecular weight excluding hydrogens is 413 g/mol. The molecule has 22 heavy (non-hydrogen) atoms. The van der Waals surface area contributed by atoms with E-state index in [1.54, 1.807) is 6.07 Å². The molecule has 0 bridgehead atoms. The molecule has 1 atom stereocenters. The summed E-state index contributed by atoms with van der Waals surface area (Å²) in [4.78, 5) is 4.26. The van der Waals surface area contributed by atoms with E-state index in [4.69, 9.17) is 22.1 Å². The molecule has 0 saturated heterocycles. The number of hydrogen-bond acceptors (Lipinski definition) is 2. The summed E-state index contributed by atoms with van der Waals surface area (Å²) in [6.45, 7) is 2.36. The molecule has 0 aliphatic carbocycles. The van der Waals surface area contributed by atoms with Gasteiger partial charge in [0.2, 0.25) is 0 Å². The number of nitrogens with two attached hydrogens (primary N) is 1. The van der Waals surface area contributed by atoms with E-state index in [0.717, 1.165) is 5.69 Å². The summed E-state index contributed by atoms with van der Waals surface area (Å²) in [6.07, 6.45) is -0.124. The Morgan fingerprint density at radius 3 is 2.50 bits per heavy atom. The Hall–Kier alpha value is -1.47. The van der Waals surface area contributed by atoms with Crippen LogP contribution >= 0.6 is 35.6 Å². The second-order valence-corrected chi connectivity index (χ2v) is 4.98. The third-order valence-electron chi connectivity index (χ3n) is 2.73. The van der Waals surface area contributed by atoms with Crippen LogP contribution in [0.5, 0.6) is 5.75 Å². The average Bonchev–Trinajstić information content (AvgIpc) is 2.49. The number of anilines is 1. The molecule has 2 aromatic rings. The highest BCUT2D eigenvalue weighted by molar-refractivity contribution is 14.0. The van der Waals surface area contributed by atoms with Crippen molar-refractivity contribution < 1.29 is 4.74 Å². The summed E-state index contributed by atoms with van der Waals surface area (Å²) in [5.74, 6) is 1.01. The maximum Gasteiger partial charge on any atom is 0.193 e. The minimum Gasteiger partial charge on any atom is -0.487 e. The number of benzene rings is 2. The van der Waals surface area contributed by atoms with Crippen LogP contribution < -0.4 is 15.8 Å². The van der Waals surface area contributed by atoms with Gasteiger partial charge in [0.1, 0.15) is 11.9 Å². The monoisotopic (exact) mass is 431 g/mol. The molecule has 0 fully saturated rings. The molecule has 0 aliphatic heterocycles. The van der Waals surface area contributed by atoms with Crippen LogP contribution in [-0.2, 0) is 0 Å². The molecule has 0 amide bonds. The predicted octanol–water partition coefficient (Wildman–Crippen LogP) is 4.15. The van der Waals surface area contributed by atoms with Gasteiger partial charge >= 0.3 is 0 Å². The lowest BCUT2D eigenvalue weighted by Crippen LogP contribution is -2.25. The summed E-state index contributed by atoms with van der Waals surface area (Å²) >= 11 is 6.04. The normalized spacial score (nSPS) is 12.2. The molecule has 0 radical (unpaired) electrons. The molecule has 1 unspecified atom stereocenters. The fourth-order valence-corrected chi connectivity index (χ4v) is 1.91. The van der Waals surface area contributed by atoms with Crippen LogP contribution in [0.4, 0.5) is 5.69 Å². The first-order chi connectivity index (χ1) is 10.1. The van der Waals surface area contributed by atoms with Gasteiger partial charge in [-0.2, -0.15) is 0 Å². The molecule has 3 N–H and O–H groups in total. The van der Waals surface area contributed by atoms with E-state index in [9.17, 15) is 0 Å². The fraction of sp³-hybridized carbons (Fsp3) is 0.188. The number of para-hydroxylation sites is 2. The number of guanidine groups is 1. The summed E-state index contributed by atoms with van der Waals surface area (Å²) in [6, 6.07) is 17.0. The van der Waals surface area contributed by atoms with Gasteiger partial charge in [-0.15, -0.1) is 24.0 Å². The smallest absolute Gasteiger partial charge is 0.193 e. The Bertz CT molecular complexity index is 607. The molecule has 2 aromatic carbocycles. The lowest BCUT2D eigenvalue weighted by molar-refractivity contribution is 0.230. The van der Waals surface area contributed by atoms with Gasteiger partial charge < -0.3 is 15.8 Å². The molecular formula is C16H19ClIN3O. The maximum absolute atomic E-state index is 6.04. The first kappa shape index (κ1) is 18.6. The van der Waals surface area contributed by atoms with Crippen molar-refractivity contribution in [2.75, 3.05) is 11.9 Å². The SMILES string of the molecule is CC(CN=C(N)Nc1ccccc1)Oc1ccccc1Cl.I. The van der Waals surface area contributed by atoms with E-state index in [1.165, 1.54) is 0 Å². The predicted molar refractivity (Wildman–Crippen MR) is 104 cm³/mol. The van der Waals surface area contributed by atoms with E-state index in [-0.39, 0.29) is 30.1 Å². The number of rotatable bonds is 5. The molecule has 118 valence electrons. The van der Waals surface area contributed by atoms with Crippen LogP contribution in [0.3, 0.4) is 0 Å². The van der Waals surface area contributed by atoms with Crippen LogP contribution in [-0.4, -0.2) is 18.6 Å². The van der Waals surface area contributed by atoms with E-state index >= 15 is 0 Å². The van der Waals surface area contributed by atoms with Gasteiger partial charge in [0.05, 0.1) is 11.6 Å². The first-order valence-corrected chi connectivity index (χ1v) is 7.06. The minimum atomic E-state index is -0.124. The van der Waals surface area contributed by atoms with Crippen LogP contribution in [0.2, 0.25) is 5.02 Å². The zero-order valence-corrected chi connectivity index (χ0v) is 15.3. The third kappa shape index (κ3) is 6.11. The van der Waals surface area contributed by atoms with Gasteiger partial charge in [0.15, 0.2) is 5.96 Å². The summed E-state index contributed by atoms with van der Waals surface area (Å²) in [5.41, 5.74) is 6.74. The van der Waals surface area contributed by atoms with Crippen molar-refractivity contribution in [3.63, 3.8) is 0 Å². The van der Waals surface area contributed by atoms with Gasteiger partial charge in [-0.25, -0.2) is 4.99 Å². The second-order valence-electron chi connectivity index (χ2n) is 4.58. The number of hydrogen-bond donors (Lipinski definition) is 2. The third-order valence-corrected chi connectivity index (χ3v) is 3.04. The van der Waals surface area contributed by atoms with E-state index in [2.05, 4.69) is 10.3 Å². The van der Waals surface area contributed by atoms with Crippen molar-refractivity contribution in [3.8, 4) is 5.75 Å². The zero-order valence-electron chi connectivity index (χ0n) is 12.2. The standard InChI is InChI=1S/C16H18ClN3O.HI/c1-12(21-15-10-6-5-9-14(15)17)11-19-16(18)20-13-7-3-2-4-8-13;/h2-10,12H,11H2,1H3,(H3,18,19,20);1H. The van der Waals surface area contributed by atoms with Crippen molar-refractivity contribution in [1.82, 2.24) is 0 Å². The van der Waals surface area contributed by atoms with Crippen molar-refractivity contribution >= 4 is 47.2 Å². The second kappa shape index (κ2) is 9.53. The largest absolute Gasteiger partial charge is 0.487 e. The van der Waals surface area contributed by atoms with E-state index in [0.29, 0.717) is 23.3 Å². The van der Waals surface area contributed by atoms with Crippen molar-refractivity contribution in [2.24, 2.45) is 10.7 Å². The van der Waals surface area contributed by atoms with Gasteiger partial charge in [-0.05, 0) is 31.2 Å². The number of ether oxygens (including phenoxy) is 1. The molecule has 0 spiro atoms. The lowest BCUT2D eigenvalue weighted by atomic mass is 10.3. The zero-order chi connectivity index (χ0) is 15.1. The highest BCUT2D eigenvalue weighted by Crippen LogP contribution is 2.24. The highest BCUT2D eigenvalue weighted by atomic mass is 127. The first-order valence-electron chi connectivity index (χ1n) is 6.68. The Kier molecular flexibility index (Phi) is 8.05. The van der Waals surface area contributed by atoms with Gasteiger partial charge in [0.25, 0.3) is 0 Å². The molecule has 6 heteroatoms. The summed E-state index contributed by atoms with van der Waals surface area (Å²) < 4.78 is 5.72. The number of aliphatic imine (C=N–C) groups is 1. The van der Waals surface area contributed by atoms with Crippen LogP contribution in [0.25, 0.3) is 0 Å². The molecule has 0 aromatic heterocycles. The van der Waals surface area contributed by atoms with Gasteiger partial charge in [0, 0.05) is 5.69 Å². The van der Waals surface area contributed by atoms with Crippen LogP contribution in [0, 0.1) is 0 Å². The number of nitrogens with one attached hydrogen (secondary N) is 1. The highest BCUT2D eigenvalue weighted by Gasteiger charge is 2.06.